The topological polar surface area (TPSA) is 40.1 Å². The third kappa shape index (κ3) is 773. The minimum Gasteiger partial charge on any atom is -0.550 e. The van der Waals surface area contributed by atoms with Gasteiger partial charge >= 0.3 is 21.1 Å². The van der Waals surface area contributed by atoms with Gasteiger partial charge in [0.15, 0.2) is 0 Å². The molecule has 0 saturated heterocycles. The van der Waals surface area contributed by atoms with Crippen molar-refractivity contribution < 1.29 is 31.0 Å². The number of carboxylic acids is 1. The third-order valence-corrected chi connectivity index (χ3v) is 0. The van der Waals surface area contributed by atoms with Crippen LogP contribution >= 0.6 is 0 Å². The van der Waals surface area contributed by atoms with Crippen LogP contribution in [0.1, 0.15) is 6.92 Å². The summed E-state index contributed by atoms with van der Waals surface area (Å²) >= 11 is 0. The molecule has 2 nitrogen and oxygen atoms in total. The minimum atomic E-state index is -1.08. The Morgan fingerprint density at radius 1 is 1.80 bits per heavy atom. The summed E-state index contributed by atoms with van der Waals surface area (Å²) in [5, 5.41) is 8.89. The summed E-state index contributed by atoms with van der Waals surface area (Å²) in [4.78, 5) is 8.89. The number of rotatable bonds is 0. The van der Waals surface area contributed by atoms with Gasteiger partial charge in [0.25, 0.3) is 0 Å². The molecule has 5 heavy (non-hydrogen) atoms. The molecule has 0 radical (unpaired) electrons. The Balaban J connectivity index is 0. The Hall–Kier alpha value is 0.158. The number of carbonyl (C=O) groups is 1. The summed E-state index contributed by atoms with van der Waals surface area (Å²) in [5.41, 5.74) is 0. The molecule has 0 aromatic rings. The summed E-state index contributed by atoms with van der Waals surface area (Å²) in [6.45, 7) is 0.972. The van der Waals surface area contributed by atoms with E-state index in [-0.39, 0.29) is 21.1 Å². The Morgan fingerprint density at radius 3 is 1.80 bits per heavy atom. The molecule has 0 amide bonds. The Bertz CT molecular complexity index is 30.6. The van der Waals surface area contributed by atoms with Crippen LogP contribution in [0.25, 0.3) is 0 Å². The number of carboxylic acid groups (broad SMARTS) is 1. The third-order valence-electron chi connectivity index (χ3n) is 0. The van der Waals surface area contributed by atoms with E-state index < -0.39 is 5.97 Å². The quantitative estimate of drug-likeness (QED) is 0.542. The van der Waals surface area contributed by atoms with Crippen molar-refractivity contribution in [1.82, 2.24) is 0 Å². The van der Waals surface area contributed by atoms with Gasteiger partial charge in [0.05, 0.1) is 0 Å². The van der Waals surface area contributed by atoms with Gasteiger partial charge < -0.3 is 9.90 Å². The van der Waals surface area contributed by atoms with Crippen LogP contribution in [0.15, 0.2) is 0 Å². The SMILES string of the molecule is CC(=O)[O-].[Pt+2]. The molecule has 0 saturated carbocycles. The molecular weight excluding hydrogens is 251 g/mol. The normalized spacial score (nSPS) is 5.00. The predicted molar refractivity (Wildman–Crippen MR) is 10.7 cm³/mol. The molecule has 0 aromatic carbocycles. The van der Waals surface area contributed by atoms with Gasteiger partial charge in [-0.15, -0.1) is 0 Å². The number of aliphatic carboxylic acids is 1. The second-order valence-corrected chi connectivity index (χ2v) is 0.492. The van der Waals surface area contributed by atoms with Crippen molar-refractivity contribution in [3.8, 4) is 0 Å². The summed E-state index contributed by atoms with van der Waals surface area (Å²) in [5.74, 6) is -1.08. The first-order chi connectivity index (χ1) is 1.73. The van der Waals surface area contributed by atoms with Crippen LogP contribution in [0.3, 0.4) is 0 Å². The average molecular weight is 254 g/mol. The molecule has 3 heteroatoms. The van der Waals surface area contributed by atoms with E-state index in [1.54, 1.807) is 0 Å². The maximum Gasteiger partial charge on any atom is 2.00 e. The van der Waals surface area contributed by atoms with E-state index in [1.165, 1.54) is 0 Å². The van der Waals surface area contributed by atoms with Crippen LogP contribution in [-0.4, -0.2) is 5.97 Å². The fourth-order valence-electron chi connectivity index (χ4n) is 0. The first-order valence-electron chi connectivity index (χ1n) is 0.908. The monoisotopic (exact) mass is 254 g/mol. The van der Waals surface area contributed by atoms with Gasteiger partial charge in [-0.1, -0.05) is 0 Å². The molecular formula is C2H3O2Pt+. The first kappa shape index (κ1) is 8.94. The van der Waals surface area contributed by atoms with Gasteiger partial charge in [0.1, 0.15) is 0 Å². The van der Waals surface area contributed by atoms with Crippen molar-refractivity contribution in [2.75, 3.05) is 0 Å². The van der Waals surface area contributed by atoms with Crippen LogP contribution in [0, 0.1) is 0 Å². The van der Waals surface area contributed by atoms with E-state index in [4.69, 9.17) is 9.90 Å². The van der Waals surface area contributed by atoms with Crippen LogP contribution < -0.4 is 5.11 Å². The predicted octanol–water partition coefficient (Wildman–Crippen LogP) is -1.25. The zero-order chi connectivity index (χ0) is 3.58. The van der Waals surface area contributed by atoms with Crippen molar-refractivity contribution in [1.29, 1.82) is 0 Å². The van der Waals surface area contributed by atoms with E-state index >= 15 is 0 Å². The molecule has 0 N–H and O–H groups in total. The Kier molecular flexibility index (Phi) is 7.44. The van der Waals surface area contributed by atoms with Gasteiger partial charge in [0.2, 0.25) is 0 Å². The fraction of sp³-hybridized carbons (Fsp3) is 0.500. The zero-order valence-corrected chi connectivity index (χ0v) is 4.90. The molecule has 32 valence electrons. The molecule has 0 atom stereocenters. The molecule has 0 aliphatic heterocycles. The molecule has 0 spiro atoms. The maximum atomic E-state index is 8.89. The fourth-order valence-corrected chi connectivity index (χ4v) is 0. The molecule has 0 aromatic heterocycles. The smallest absolute Gasteiger partial charge is 0.550 e. The van der Waals surface area contributed by atoms with Crippen LogP contribution in [0.5, 0.6) is 0 Å². The second kappa shape index (κ2) is 4.16. The zero-order valence-electron chi connectivity index (χ0n) is 2.63. The van der Waals surface area contributed by atoms with E-state index in [0.717, 1.165) is 6.92 Å². The van der Waals surface area contributed by atoms with E-state index in [0.29, 0.717) is 0 Å². The largest absolute Gasteiger partial charge is 2.00 e. The number of hydrogen-bond acceptors (Lipinski definition) is 2. The minimum absolute atomic E-state index is 0. The molecule has 0 aliphatic rings. The summed E-state index contributed by atoms with van der Waals surface area (Å²) in [6.07, 6.45) is 0. The summed E-state index contributed by atoms with van der Waals surface area (Å²) < 4.78 is 0. The molecule has 0 unspecified atom stereocenters. The Labute approximate surface area is 44.4 Å². The van der Waals surface area contributed by atoms with Gasteiger partial charge in [-0.2, -0.15) is 0 Å². The van der Waals surface area contributed by atoms with Gasteiger partial charge in [-0.25, -0.2) is 0 Å². The molecule has 0 bridgehead atoms. The number of hydrogen-bond donors (Lipinski definition) is 0. The standard InChI is InChI=1S/C2H4O2.Pt/c1-2(3)4;/h1H3,(H,3,4);/q;+2/p-1. The van der Waals surface area contributed by atoms with Crippen molar-refractivity contribution in [2.45, 2.75) is 6.92 Å². The first-order valence-corrected chi connectivity index (χ1v) is 0.908. The van der Waals surface area contributed by atoms with Crippen molar-refractivity contribution in [3.05, 3.63) is 0 Å². The molecule has 0 aliphatic carbocycles. The van der Waals surface area contributed by atoms with Gasteiger partial charge in [-0.3, -0.25) is 0 Å². The van der Waals surface area contributed by atoms with Gasteiger partial charge in [0, 0.05) is 5.97 Å². The Morgan fingerprint density at radius 2 is 1.80 bits per heavy atom. The number of carbonyl (C=O) groups excluding carboxylic acids is 1. The molecule has 0 heterocycles. The van der Waals surface area contributed by atoms with E-state index in [9.17, 15) is 0 Å². The van der Waals surface area contributed by atoms with Gasteiger partial charge in [-0.05, 0) is 6.92 Å². The van der Waals surface area contributed by atoms with Crippen LogP contribution in [-0.2, 0) is 25.9 Å². The average Bonchev–Trinajstić information content (AvgIpc) is 0.811. The molecule has 0 rings (SSSR count). The summed E-state index contributed by atoms with van der Waals surface area (Å²) in [7, 11) is 0. The van der Waals surface area contributed by atoms with Crippen molar-refractivity contribution in [3.63, 3.8) is 0 Å². The van der Waals surface area contributed by atoms with Crippen molar-refractivity contribution in [2.24, 2.45) is 0 Å². The summed E-state index contributed by atoms with van der Waals surface area (Å²) in [6, 6.07) is 0. The van der Waals surface area contributed by atoms with Crippen molar-refractivity contribution >= 4 is 5.97 Å². The second-order valence-electron chi connectivity index (χ2n) is 0.492. The van der Waals surface area contributed by atoms with Crippen LogP contribution in [0.4, 0.5) is 0 Å². The van der Waals surface area contributed by atoms with Crippen LogP contribution in [0.2, 0.25) is 0 Å². The maximum absolute atomic E-state index is 8.89. The van der Waals surface area contributed by atoms with E-state index in [1.807, 2.05) is 0 Å². The molecule has 0 fully saturated rings. The van der Waals surface area contributed by atoms with E-state index in [2.05, 4.69) is 0 Å².